The number of aryl methyl sites for hydroxylation is 1. The van der Waals surface area contributed by atoms with E-state index < -0.39 is 5.97 Å². The molecule has 0 aliphatic carbocycles. The average Bonchev–Trinajstić information content (AvgIpc) is 2.82. The summed E-state index contributed by atoms with van der Waals surface area (Å²) >= 11 is 7.40. The van der Waals surface area contributed by atoms with Crippen molar-refractivity contribution in [2.45, 2.75) is 13.8 Å². The molecule has 0 aliphatic heterocycles. The van der Waals surface area contributed by atoms with Crippen LogP contribution in [0.25, 0.3) is 0 Å². The van der Waals surface area contributed by atoms with Gasteiger partial charge in [0.2, 0.25) is 0 Å². The Bertz CT molecular complexity index is 598. The molecule has 1 aromatic carbocycles. The van der Waals surface area contributed by atoms with Crippen LogP contribution in [0.4, 0.5) is 10.7 Å². The van der Waals surface area contributed by atoms with Crippen LogP contribution in [0.3, 0.4) is 0 Å². The summed E-state index contributed by atoms with van der Waals surface area (Å²) in [5, 5.41) is 4.46. The third-order valence-corrected chi connectivity index (χ3v) is 3.62. The zero-order valence-corrected chi connectivity index (χ0v) is 12.1. The summed E-state index contributed by atoms with van der Waals surface area (Å²) in [4.78, 5) is 15.7. The Morgan fingerprint density at radius 2 is 2.32 bits per heavy atom. The molecule has 2 aromatic rings. The van der Waals surface area contributed by atoms with Crippen LogP contribution in [-0.2, 0) is 4.74 Å². The quantitative estimate of drug-likeness (QED) is 0.866. The summed E-state index contributed by atoms with van der Waals surface area (Å²) in [6.07, 6.45) is 0. The lowest BCUT2D eigenvalue weighted by Gasteiger charge is -2.07. The van der Waals surface area contributed by atoms with Gasteiger partial charge in [0.25, 0.3) is 0 Å². The first-order chi connectivity index (χ1) is 9.11. The molecular formula is C13H13ClN2O2S. The fourth-order valence-electron chi connectivity index (χ4n) is 1.48. The van der Waals surface area contributed by atoms with Crippen LogP contribution >= 0.6 is 22.9 Å². The fraction of sp³-hybridized carbons (Fsp3) is 0.231. The Kier molecular flexibility index (Phi) is 4.39. The number of anilines is 2. The molecule has 4 nitrogen and oxygen atoms in total. The van der Waals surface area contributed by atoms with E-state index in [1.165, 1.54) is 11.3 Å². The molecule has 0 spiro atoms. The molecule has 100 valence electrons. The van der Waals surface area contributed by atoms with E-state index in [2.05, 4.69) is 10.3 Å². The van der Waals surface area contributed by atoms with Gasteiger partial charge >= 0.3 is 5.97 Å². The molecule has 6 heteroatoms. The van der Waals surface area contributed by atoms with Gasteiger partial charge in [-0.1, -0.05) is 17.7 Å². The highest BCUT2D eigenvalue weighted by atomic mass is 35.5. The van der Waals surface area contributed by atoms with Gasteiger partial charge in [0.15, 0.2) is 5.69 Å². The monoisotopic (exact) mass is 296 g/mol. The Hall–Kier alpha value is -1.59. The number of ether oxygens (including phenoxy) is 1. The number of carbonyl (C=O) groups excluding carboxylic acids is 1. The van der Waals surface area contributed by atoms with Crippen molar-refractivity contribution in [2.75, 3.05) is 11.9 Å². The van der Waals surface area contributed by atoms with Gasteiger partial charge < -0.3 is 10.1 Å². The Morgan fingerprint density at radius 3 is 3.00 bits per heavy atom. The first-order valence-electron chi connectivity index (χ1n) is 5.75. The van der Waals surface area contributed by atoms with Gasteiger partial charge in [-0.2, -0.15) is 0 Å². The molecule has 1 heterocycles. The van der Waals surface area contributed by atoms with Crippen molar-refractivity contribution in [3.8, 4) is 0 Å². The first kappa shape index (κ1) is 13.8. The van der Waals surface area contributed by atoms with Gasteiger partial charge in [-0.15, -0.1) is 11.3 Å². The molecule has 0 atom stereocenters. The number of rotatable bonds is 4. The average molecular weight is 297 g/mol. The first-order valence-corrected chi connectivity index (χ1v) is 7.01. The minimum atomic E-state index is -0.426. The zero-order chi connectivity index (χ0) is 13.8. The zero-order valence-electron chi connectivity index (χ0n) is 10.6. The second-order valence-corrected chi connectivity index (χ2v) is 5.10. The predicted octanol–water partition coefficient (Wildman–Crippen LogP) is 4.03. The molecule has 0 saturated heterocycles. The molecule has 0 amide bonds. The van der Waals surface area contributed by atoms with E-state index in [1.54, 1.807) is 12.4 Å². The maximum Gasteiger partial charge on any atom is 0.360 e. The van der Waals surface area contributed by atoms with Crippen LogP contribution < -0.4 is 5.32 Å². The van der Waals surface area contributed by atoms with Crippen LogP contribution in [0.1, 0.15) is 23.0 Å². The minimum absolute atomic E-state index is 0.295. The van der Waals surface area contributed by atoms with E-state index in [0.717, 1.165) is 11.3 Å². The lowest BCUT2D eigenvalue weighted by atomic mass is 10.2. The number of nitrogens with zero attached hydrogens (tertiary/aromatic N) is 1. The number of halogens is 1. The molecule has 0 bridgehead atoms. The molecule has 1 aromatic heterocycles. The molecule has 0 fully saturated rings. The number of hydrogen-bond donors (Lipinski definition) is 1. The van der Waals surface area contributed by atoms with Crippen molar-refractivity contribution in [3.05, 3.63) is 40.0 Å². The standard InChI is InChI=1S/C13H13ClN2O2S/c1-3-18-13(17)11-12(19-7-15-11)16-9-5-4-8(2)10(14)6-9/h4-7,16H,3H2,1-2H3. The number of thiazole rings is 1. The smallest absolute Gasteiger partial charge is 0.360 e. The SMILES string of the molecule is CCOC(=O)c1ncsc1Nc1ccc(C)c(Cl)c1. The highest BCUT2D eigenvalue weighted by molar-refractivity contribution is 7.14. The molecular weight excluding hydrogens is 284 g/mol. The van der Waals surface area contributed by atoms with Gasteiger partial charge in [-0.05, 0) is 31.5 Å². The minimum Gasteiger partial charge on any atom is -0.461 e. The number of esters is 1. The topological polar surface area (TPSA) is 51.2 Å². The molecule has 0 saturated carbocycles. The maximum atomic E-state index is 11.7. The van der Waals surface area contributed by atoms with E-state index in [1.807, 2.05) is 25.1 Å². The summed E-state index contributed by atoms with van der Waals surface area (Å²) in [7, 11) is 0. The fourth-order valence-corrected chi connectivity index (χ4v) is 2.35. The molecule has 0 unspecified atom stereocenters. The number of carbonyl (C=O) groups is 1. The lowest BCUT2D eigenvalue weighted by molar-refractivity contribution is 0.0521. The van der Waals surface area contributed by atoms with Crippen molar-refractivity contribution >= 4 is 39.6 Å². The summed E-state index contributed by atoms with van der Waals surface area (Å²) in [6.45, 7) is 4.02. The summed E-state index contributed by atoms with van der Waals surface area (Å²) in [5.74, 6) is -0.426. The van der Waals surface area contributed by atoms with E-state index in [9.17, 15) is 4.79 Å². The second kappa shape index (κ2) is 6.04. The Labute approximate surface area is 120 Å². The van der Waals surface area contributed by atoms with Crippen molar-refractivity contribution < 1.29 is 9.53 Å². The van der Waals surface area contributed by atoms with Gasteiger partial charge in [0, 0.05) is 10.7 Å². The van der Waals surface area contributed by atoms with Gasteiger partial charge in [0.05, 0.1) is 12.1 Å². The van der Waals surface area contributed by atoms with Crippen LogP contribution in [-0.4, -0.2) is 17.6 Å². The van der Waals surface area contributed by atoms with E-state index in [4.69, 9.17) is 16.3 Å². The van der Waals surface area contributed by atoms with Gasteiger partial charge in [-0.3, -0.25) is 0 Å². The number of hydrogen-bond acceptors (Lipinski definition) is 5. The van der Waals surface area contributed by atoms with Crippen molar-refractivity contribution in [3.63, 3.8) is 0 Å². The number of aromatic nitrogens is 1. The van der Waals surface area contributed by atoms with Crippen LogP contribution in [0, 0.1) is 6.92 Å². The molecule has 0 aliphatic rings. The summed E-state index contributed by atoms with van der Waals surface area (Å²) in [5.41, 5.74) is 3.71. The lowest BCUT2D eigenvalue weighted by Crippen LogP contribution is -2.07. The molecule has 19 heavy (non-hydrogen) atoms. The van der Waals surface area contributed by atoms with Crippen molar-refractivity contribution in [1.82, 2.24) is 4.98 Å². The molecule has 0 radical (unpaired) electrons. The Balaban J connectivity index is 2.21. The third-order valence-electron chi connectivity index (χ3n) is 2.47. The van der Waals surface area contributed by atoms with Crippen LogP contribution in [0.15, 0.2) is 23.7 Å². The normalized spacial score (nSPS) is 10.3. The molecule has 2 rings (SSSR count). The van der Waals surface area contributed by atoms with Crippen LogP contribution in [0.5, 0.6) is 0 Å². The highest BCUT2D eigenvalue weighted by Crippen LogP contribution is 2.28. The Morgan fingerprint density at radius 1 is 1.53 bits per heavy atom. The van der Waals surface area contributed by atoms with E-state index in [0.29, 0.717) is 22.3 Å². The van der Waals surface area contributed by atoms with Crippen molar-refractivity contribution in [1.29, 1.82) is 0 Å². The van der Waals surface area contributed by atoms with E-state index >= 15 is 0 Å². The van der Waals surface area contributed by atoms with Crippen molar-refractivity contribution in [2.24, 2.45) is 0 Å². The van der Waals surface area contributed by atoms with Gasteiger partial charge in [0.1, 0.15) is 5.00 Å². The largest absolute Gasteiger partial charge is 0.461 e. The van der Waals surface area contributed by atoms with E-state index in [-0.39, 0.29) is 0 Å². The second-order valence-electron chi connectivity index (χ2n) is 3.84. The number of nitrogens with one attached hydrogen (secondary N) is 1. The highest BCUT2D eigenvalue weighted by Gasteiger charge is 2.16. The van der Waals surface area contributed by atoms with Crippen LogP contribution in [0.2, 0.25) is 5.02 Å². The van der Waals surface area contributed by atoms with Gasteiger partial charge in [-0.25, -0.2) is 9.78 Å². The summed E-state index contributed by atoms with van der Waals surface area (Å²) < 4.78 is 4.95. The third kappa shape index (κ3) is 3.24. The number of benzene rings is 1. The molecule has 1 N–H and O–H groups in total. The maximum absolute atomic E-state index is 11.7. The predicted molar refractivity (Wildman–Crippen MR) is 77.5 cm³/mol. The summed E-state index contributed by atoms with van der Waals surface area (Å²) in [6, 6.07) is 5.62.